The van der Waals surface area contributed by atoms with Gasteiger partial charge in [-0.05, 0) is 38.5 Å². The SMILES string of the molecule is C[C@H](N)CC1CC2CCC1O2. The predicted molar refractivity (Wildman–Crippen MR) is 44.3 cm³/mol. The first kappa shape index (κ1) is 7.56. The first-order chi connectivity index (χ1) is 5.25. The molecule has 2 heteroatoms. The van der Waals surface area contributed by atoms with Crippen LogP contribution in [-0.4, -0.2) is 18.2 Å². The quantitative estimate of drug-likeness (QED) is 0.652. The summed E-state index contributed by atoms with van der Waals surface area (Å²) in [7, 11) is 0. The molecular formula is C9H17NO. The van der Waals surface area contributed by atoms with Gasteiger partial charge in [-0.2, -0.15) is 0 Å². The van der Waals surface area contributed by atoms with Crippen LogP contribution in [-0.2, 0) is 4.74 Å². The zero-order chi connectivity index (χ0) is 7.84. The van der Waals surface area contributed by atoms with E-state index in [-0.39, 0.29) is 0 Å². The summed E-state index contributed by atoms with van der Waals surface area (Å²) in [6, 6.07) is 0.350. The van der Waals surface area contributed by atoms with Crippen molar-refractivity contribution in [2.75, 3.05) is 0 Å². The Hall–Kier alpha value is -0.0800. The van der Waals surface area contributed by atoms with E-state index in [0.717, 1.165) is 12.3 Å². The van der Waals surface area contributed by atoms with Crippen molar-refractivity contribution in [1.82, 2.24) is 0 Å². The summed E-state index contributed by atoms with van der Waals surface area (Å²) in [5.41, 5.74) is 5.75. The van der Waals surface area contributed by atoms with E-state index in [1.807, 2.05) is 0 Å². The summed E-state index contributed by atoms with van der Waals surface area (Å²) in [6.07, 6.45) is 6.14. The normalized spacial score (nSPS) is 44.7. The Morgan fingerprint density at radius 1 is 1.55 bits per heavy atom. The summed E-state index contributed by atoms with van der Waals surface area (Å²) >= 11 is 0. The third-order valence-electron chi connectivity index (χ3n) is 2.91. The molecule has 0 aromatic rings. The molecule has 2 fully saturated rings. The van der Waals surface area contributed by atoms with Crippen molar-refractivity contribution in [2.24, 2.45) is 11.7 Å². The van der Waals surface area contributed by atoms with E-state index in [2.05, 4.69) is 6.92 Å². The lowest BCUT2D eigenvalue weighted by Gasteiger charge is -2.19. The van der Waals surface area contributed by atoms with Crippen molar-refractivity contribution in [3.63, 3.8) is 0 Å². The van der Waals surface area contributed by atoms with Crippen molar-refractivity contribution in [3.8, 4) is 0 Å². The molecule has 2 bridgehead atoms. The molecule has 3 unspecified atom stereocenters. The highest BCUT2D eigenvalue weighted by molar-refractivity contribution is 4.90. The van der Waals surface area contributed by atoms with Gasteiger partial charge in [0, 0.05) is 6.04 Å². The van der Waals surface area contributed by atoms with Gasteiger partial charge in [-0.3, -0.25) is 0 Å². The van der Waals surface area contributed by atoms with E-state index in [1.165, 1.54) is 19.3 Å². The maximum Gasteiger partial charge on any atom is 0.0609 e. The highest BCUT2D eigenvalue weighted by Crippen LogP contribution is 2.40. The highest BCUT2D eigenvalue weighted by atomic mass is 16.5. The van der Waals surface area contributed by atoms with Crippen molar-refractivity contribution in [3.05, 3.63) is 0 Å². The molecule has 64 valence electrons. The second-order valence-corrected chi connectivity index (χ2v) is 4.08. The standard InChI is InChI=1S/C9H17NO/c1-6(10)4-7-5-8-2-3-9(7)11-8/h6-9H,2-5,10H2,1H3/t6-,7?,8?,9?/m0/s1. The van der Waals surface area contributed by atoms with Crippen LogP contribution in [0.2, 0.25) is 0 Å². The lowest BCUT2D eigenvalue weighted by atomic mass is 9.85. The second-order valence-electron chi connectivity index (χ2n) is 4.08. The van der Waals surface area contributed by atoms with Gasteiger partial charge in [0.15, 0.2) is 0 Å². The van der Waals surface area contributed by atoms with Crippen LogP contribution in [0.1, 0.15) is 32.6 Å². The average Bonchev–Trinajstić information content (AvgIpc) is 2.45. The Kier molecular flexibility index (Phi) is 1.90. The van der Waals surface area contributed by atoms with E-state index in [0.29, 0.717) is 18.2 Å². The zero-order valence-corrected chi connectivity index (χ0v) is 7.12. The first-order valence-electron chi connectivity index (χ1n) is 4.66. The molecular weight excluding hydrogens is 138 g/mol. The van der Waals surface area contributed by atoms with Crippen LogP contribution < -0.4 is 5.73 Å². The molecule has 2 rings (SSSR count). The second kappa shape index (κ2) is 2.76. The molecule has 0 aromatic carbocycles. The largest absolute Gasteiger partial charge is 0.375 e. The zero-order valence-electron chi connectivity index (χ0n) is 7.12. The fraction of sp³-hybridized carbons (Fsp3) is 1.00. The van der Waals surface area contributed by atoms with Crippen LogP contribution in [0, 0.1) is 5.92 Å². The molecule has 0 aliphatic carbocycles. The minimum absolute atomic E-state index is 0.350. The van der Waals surface area contributed by atoms with Gasteiger partial charge in [0.1, 0.15) is 0 Å². The fourth-order valence-electron chi connectivity index (χ4n) is 2.47. The van der Waals surface area contributed by atoms with E-state index in [4.69, 9.17) is 10.5 Å². The number of ether oxygens (including phenoxy) is 1. The van der Waals surface area contributed by atoms with Gasteiger partial charge in [0.25, 0.3) is 0 Å². The number of rotatable bonds is 2. The van der Waals surface area contributed by atoms with Crippen LogP contribution in [0.4, 0.5) is 0 Å². The van der Waals surface area contributed by atoms with Gasteiger partial charge in [-0.15, -0.1) is 0 Å². The molecule has 0 spiro atoms. The van der Waals surface area contributed by atoms with Gasteiger partial charge < -0.3 is 10.5 Å². The van der Waals surface area contributed by atoms with Gasteiger partial charge in [-0.25, -0.2) is 0 Å². The van der Waals surface area contributed by atoms with Gasteiger partial charge in [-0.1, -0.05) is 0 Å². The Morgan fingerprint density at radius 3 is 2.82 bits per heavy atom. The van der Waals surface area contributed by atoms with E-state index in [9.17, 15) is 0 Å². The topological polar surface area (TPSA) is 35.2 Å². The lowest BCUT2D eigenvalue weighted by molar-refractivity contribution is 0.0904. The van der Waals surface area contributed by atoms with Gasteiger partial charge in [0.05, 0.1) is 12.2 Å². The van der Waals surface area contributed by atoms with Gasteiger partial charge >= 0.3 is 0 Å². The molecule has 2 nitrogen and oxygen atoms in total. The van der Waals surface area contributed by atoms with Crippen LogP contribution in [0.15, 0.2) is 0 Å². The third kappa shape index (κ3) is 1.42. The lowest BCUT2D eigenvalue weighted by Crippen LogP contribution is -2.25. The molecule has 2 heterocycles. The Balaban J connectivity index is 1.87. The molecule has 0 aromatic heterocycles. The number of fused-ring (bicyclic) bond motifs is 2. The van der Waals surface area contributed by atoms with Crippen LogP contribution in [0.25, 0.3) is 0 Å². The molecule has 0 saturated carbocycles. The molecule has 11 heavy (non-hydrogen) atoms. The number of nitrogens with two attached hydrogens (primary N) is 1. The van der Waals surface area contributed by atoms with E-state index < -0.39 is 0 Å². The van der Waals surface area contributed by atoms with E-state index >= 15 is 0 Å². The summed E-state index contributed by atoms with van der Waals surface area (Å²) in [5.74, 6) is 0.772. The predicted octanol–water partition coefficient (Wildman–Crippen LogP) is 1.29. The Labute approximate surface area is 68.1 Å². The molecule has 2 aliphatic heterocycles. The molecule has 0 radical (unpaired) electrons. The average molecular weight is 155 g/mol. The molecule has 2 N–H and O–H groups in total. The van der Waals surface area contributed by atoms with Crippen molar-refractivity contribution in [1.29, 1.82) is 0 Å². The smallest absolute Gasteiger partial charge is 0.0609 e. The highest BCUT2D eigenvalue weighted by Gasteiger charge is 2.40. The van der Waals surface area contributed by atoms with Crippen molar-refractivity contribution in [2.45, 2.75) is 50.9 Å². The molecule has 0 amide bonds. The molecule has 2 saturated heterocycles. The first-order valence-corrected chi connectivity index (χ1v) is 4.66. The Morgan fingerprint density at radius 2 is 2.36 bits per heavy atom. The van der Waals surface area contributed by atoms with Crippen molar-refractivity contribution >= 4 is 0 Å². The Bertz CT molecular complexity index is 146. The summed E-state index contributed by atoms with van der Waals surface area (Å²) in [6.45, 7) is 2.09. The molecule has 2 aliphatic rings. The summed E-state index contributed by atoms with van der Waals surface area (Å²) in [4.78, 5) is 0. The minimum atomic E-state index is 0.350. The molecule has 4 atom stereocenters. The fourth-order valence-corrected chi connectivity index (χ4v) is 2.47. The summed E-state index contributed by atoms with van der Waals surface area (Å²) < 4.78 is 5.73. The summed E-state index contributed by atoms with van der Waals surface area (Å²) in [5, 5.41) is 0. The minimum Gasteiger partial charge on any atom is -0.375 e. The van der Waals surface area contributed by atoms with Gasteiger partial charge in [0.2, 0.25) is 0 Å². The van der Waals surface area contributed by atoms with Crippen molar-refractivity contribution < 1.29 is 4.74 Å². The number of hydrogen-bond donors (Lipinski definition) is 1. The van der Waals surface area contributed by atoms with Crippen LogP contribution >= 0.6 is 0 Å². The monoisotopic (exact) mass is 155 g/mol. The van der Waals surface area contributed by atoms with E-state index in [1.54, 1.807) is 0 Å². The maximum atomic E-state index is 5.75. The van der Waals surface area contributed by atoms with Crippen LogP contribution in [0.5, 0.6) is 0 Å². The maximum absolute atomic E-state index is 5.75. The third-order valence-corrected chi connectivity index (χ3v) is 2.91. The number of hydrogen-bond acceptors (Lipinski definition) is 2. The van der Waals surface area contributed by atoms with Crippen LogP contribution in [0.3, 0.4) is 0 Å².